The number of benzene rings is 3. The molecule has 0 fully saturated rings. The van der Waals surface area contributed by atoms with Gasteiger partial charge in [-0.15, -0.1) is 0 Å². The highest BCUT2D eigenvalue weighted by Crippen LogP contribution is 2.33. The van der Waals surface area contributed by atoms with Crippen LogP contribution in [0.2, 0.25) is 0 Å². The second-order valence-electron chi connectivity index (χ2n) is 4.68. The van der Waals surface area contributed by atoms with Crippen molar-refractivity contribution in [1.29, 1.82) is 0 Å². The van der Waals surface area contributed by atoms with Gasteiger partial charge in [0.15, 0.2) is 0 Å². The van der Waals surface area contributed by atoms with Crippen molar-refractivity contribution >= 4 is 16.5 Å². The fourth-order valence-corrected chi connectivity index (χ4v) is 2.42. The third-order valence-corrected chi connectivity index (χ3v) is 3.44. The molecule has 2 heteroatoms. The van der Waals surface area contributed by atoms with E-state index in [9.17, 15) is 4.39 Å². The summed E-state index contributed by atoms with van der Waals surface area (Å²) >= 11 is 0. The second-order valence-corrected chi connectivity index (χ2v) is 4.68. The van der Waals surface area contributed by atoms with Crippen LogP contribution >= 0.6 is 0 Å². The van der Waals surface area contributed by atoms with Crippen LogP contribution in [0.4, 0.5) is 10.1 Å². The Morgan fingerprint density at radius 1 is 0.789 bits per heavy atom. The number of hydrogen-bond donors (Lipinski definition) is 1. The highest BCUT2D eigenvalue weighted by atomic mass is 19.1. The summed E-state index contributed by atoms with van der Waals surface area (Å²) in [6.07, 6.45) is 0. The zero-order chi connectivity index (χ0) is 13.4. The Morgan fingerprint density at radius 2 is 1.42 bits per heavy atom. The van der Waals surface area contributed by atoms with Crippen LogP contribution in [0.3, 0.4) is 0 Å². The Bertz CT molecular complexity index is 762. The maximum absolute atomic E-state index is 14.3. The van der Waals surface area contributed by atoms with Crippen LogP contribution in [0.5, 0.6) is 0 Å². The largest absolute Gasteiger partial charge is 0.398 e. The van der Waals surface area contributed by atoms with Gasteiger partial charge in [-0.3, -0.25) is 0 Å². The Labute approximate surface area is 111 Å². The van der Waals surface area contributed by atoms with Crippen molar-refractivity contribution in [3.05, 3.63) is 66.0 Å². The van der Waals surface area contributed by atoms with E-state index in [1.165, 1.54) is 0 Å². The van der Waals surface area contributed by atoms with E-state index in [4.69, 9.17) is 5.73 Å². The number of nitrogens with two attached hydrogens (primary N) is 1. The summed E-state index contributed by atoms with van der Waals surface area (Å²) in [6.45, 7) is 1.78. The standard InChI is InChI=1S/C17H14FN/c1-11-5-2-9-15(17(11)18)13-6-3-8-14-12(13)7-4-10-16(14)19/h2-10H,19H2,1H3. The van der Waals surface area contributed by atoms with E-state index in [0.29, 0.717) is 16.8 Å². The van der Waals surface area contributed by atoms with Crippen LogP contribution in [0, 0.1) is 12.7 Å². The molecule has 0 heterocycles. The number of anilines is 1. The molecule has 0 spiro atoms. The molecule has 0 aliphatic carbocycles. The highest BCUT2D eigenvalue weighted by molar-refractivity contribution is 6.02. The van der Waals surface area contributed by atoms with Gasteiger partial charge in [0.25, 0.3) is 0 Å². The van der Waals surface area contributed by atoms with Crippen LogP contribution in [0.15, 0.2) is 54.6 Å². The van der Waals surface area contributed by atoms with E-state index in [1.54, 1.807) is 19.1 Å². The molecule has 1 nitrogen and oxygen atoms in total. The summed E-state index contributed by atoms with van der Waals surface area (Å²) in [4.78, 5) is 0. The fraction of sp³-hybridized carbons (Fsp3) is 0.0588. The fourth-order valence-electron chi connectivity index (χ4n) is 2.42. The van der Waals surface area contributed by atoms with E-state index in [2.05, 4.69) is 0 Å². The number of rotatable bonds is 1. The lowest BCUT2D eigenvalue weighted by molar-refractivity contribution is 0.622. The van der Waals surface area contributed by atoms with Crippen molar-refractivity contribution in [2.75, 3.05) is 5.73 Å². The van der Waals surface area contributed by atoms with Crippen LogP contribution in [0.25, 0.3) is 21.9 Å². The van der Waals surface area contributed by atoms with Gasteiger partial charge in [0.1, 0.15) is 5.82 Å². The van der Waals surface area contributed by atoms with Gasteiger partial charge in [0, 0.05) is 16.6 Å². The smallest absolute Gasteiger partial charge is 0.133 e. The predicted molar refractivity (Wildman–Crippen MR) is 78.5 cm³/mol. The van der Waals surface area contributed by atoms with Gasteiger partial charge in [0.2, 0.25) is 0 Å². The van der Waals surface area contributed by atoms with Gasteiger partial charge in [-0.2, -0.15) is 0 Å². The molecule has 0 amide bonds. The van der Waals surface area contributed by atoms with Crippen LogP contribution < -0.4 is 5.73 Å². The molecule has 0 bridgehead atoms. The molecule has 0 saturated carbocycles. The number of fused-ring (bicyclic) bond motifs is 1. The number of hydrogen-bond acceptors (Lipinski definition) is 1. The molecule has 0 aliphatic rings. The third kappa shape index (κ3) is 1.85. The van der Waals surface area contributed by atoms with Gasteiger partial charge < -0.3 is 5.73 Å². The Balaban J connectivity index is 2.37. The van der Waals surface area contributed by atoms with Gasteiger partial charge in [-0.25, -0.2) is 4.39 Å². The van der Waals surface area contributed by atoms with Crippen molar-refractivity contribution in [1.82, 2.24) is 0 Å². The van der Waals surface area contributed by atoms with E-state index in [1.807, 2.05) is 42.5 Å². The van der Waals surface area contributed by atoms with Gasteiger partial charge in [0.05, 0.1) is 0 Å². The molecular weight excluding hydrogens is 237 g/mol. The first-order chi connectivity index (χ1) is 9.18. The van der Waals surface area contributed by atoms with Crippen molar-refractivity contribution in [3.63, 3.8) is 0 Å². The topological polar surface area (TPSA) is 26.0 Å². The minimum Gasteiger partial charge on any atom is -0.398 e. The third-order valence-electron chi connectivity index (χ3n) is 3.44. The first-order valence-corrected chi connectivity index (χ1v) is 6.21. The molecule has 0 aliphatic heterocycles. The molecule has 94 valence electrons. The quantitative estimate of drug-likeness (QED) is 0.631. The summed E-state index contributed by atoms with van der Waals surface area (Å²) in [7, 11) is 0. The van der Waals surface area contributed by atoms with E-state index in [-0.39, 0.29) is 5.82 Å². The monoisotopic (exact) mass is 251 g/mol. The molecule has 19 heavy (non-hydrogen) atoms. The Kier molecular flexibility index (Phi) is 2.71. The summed E-state index contributed by atoms with van der Waals surface area (Å²) in [5, 5.41) is 1.94. The number of halogens is 1. The van der Waals surface area contributed by atoms with E-state index in [0.717, 1.165) is 16.3 Å². The van der Waals surface area contributed by atoms with Crippen LogP contribution in [-0.2, 0) is 0 Å². The van der Waals surface area contributed by atoms with Crippen molar-refractivity contribution in [2.45, 2.75) is 6.92 Å². The number of nitrogen functional groups attached to an aromatic ring is 1. The lowest BCUT2D eigenvalue weighted by Gasteiger charge is -2.10. The first kappa shape index (κ1) is 11.7. The average molecular weight is 251 g/mol. The van der Waals surface area contributed by atoms with Crippen LogP contribution in [0.1, 0.15) is 5.56 Å². The molecule has 0 aromatic heterocycles. The normalized spacial score (nSPS) is 10.8. The van der Waals surface area contributed by atoms with Gasteiger partial charge in [-0.05, 0) is 29.5 Å². The minimum atomic E-state index is -0.169. The summed E-state index contributed by atoms with van der Waals surface area (Å²) in [6, 6.07) is 17.0. The lowest BCUT2D eigenvalue weighted by Crippen LogP contribution is -1.91. The molecule has 0 unspecified atom stereocenters. The molecule has 3 rings (SSSR count). The SMILES string of the molecule is Cc1cccc(-c2cccc3c(N)cccc23)c1F. The first-order valence-electron chi connectivity index (χ1n) is 6.21. The molecular formula is C17H14FN. The predicted octanol–water partition coefficient (Wildman–Crippen LogP) is 4.54. The lowest BCUT2D eigenvalue weighted by atomic mass is 9.96. The Morgan fingerprint density at radius 3 is 2.26 bits per heavy atom. The second kappa shape index (κ2) is 4.39. The number of aryl methyl sites for hydroxylation is 1. The molecule has 0 radical (unpaired) electrons. The minimum absolute atomic E-state index is 0.169. The van der Waals surface area contributed by atoms with E-state index < -0.39 is 0 Å². The molecule has 0 saturated heterocycles. The molecule has 0 atom stereocenters. The summed E-state index contributed by atoms with van der Waals surface area (Å²) in [5.41, 5.74) is 8.85. The maximum atomic E-state index is 14.3. The van der Waals surface area contributed by atoms with Crippen molar-refractivity contribution in [3.8, 4) is 11.1 Å². The maximum Gasteiger partial charge on any atom is 0.133 e. The zero-order valence-electron chi connectivity index (χ0n) is 10.7. The zero-order valence-corrected chi connectivity index (χ0v) is 10.7. The van der Waals surface area contributed by atoms with Gasteiger partial charge in [-0.1, -0.05) is 48.5 Å². The summed E-state index contributed by atoms with van der Waals surface area (Å²) < 4.78 is 14.3. The van der Waals surface area contributed by atoms with Crippen molar-refractivity contribution in [2.24, 2.45) is 0 Å². The molecule has 3 aromatic carbocycles. The van der Waals surface area contributed by atoms with E-state index >= 15 is 0 Å². The highest BCUT2D eigenvalue weighted by Gasteiger charge is 2.10. The molecule has 3 aromatic rings. The van der Waals surface area contributed by atoms with Crippen molar-refractivity contribution < 1.29 is 4.39 Å². The van der Waals surface area contributed by atoms with Gasteiger partial charge >= 0.3 is 0 Å². The average Bonchev–Trinajstić information content (AvgIpc) is 2.42. The Hall–Kier alpha value is -2.35. The van der Waals surface area contributed by atoms with Crippen LogP contribution in [-0.4, -0.2) is 0 Å². The molecule has 2 N–H and O–H groups in total. The summed E-state index contributed by atoms with van der Waals surface area (Å²) in [5.74, 6) is -0.169.